The molecule has 0 spiro atoms. The van der Waals surface area contributed by atoms with Crippen LogP contribution < -0.4 is 11.5 Å². The van der Waals surface area contributed by atoms with E-state index in [1.54, 1.807) is 14.1 Å². The average Bonchev–Trinajstić information content (AvgIpc) is 3.56. The van der Waals surface area contributed by atoms with Gasteiger partial charge in [0.05, 0.1) is 23.7 Å². The first-order chi connectivity index (χ1) is 16.8. The van der Waals surface area contributed by atoms with Crippen LogP contribution in [-0.2, 0) is 11.3 Å². The van der Waals surface area contributed by atoms with Crippen LogP contribution in [0.4, 0.5) is 5.82 Å². The lowest BCUT2D eigenvalue weighted by Crippen LogP contribution is -2.26. The van der Waals surface area contributed by atoms with E-state index in [4.69, 9.17) is 16.7 Å². The Morgan fingerprint density at radius 3 is 2.60 bits per heavy atom. The highest BCUT2D eigenvalue weighted by molar-refractivity contribution is 6.04. The van der Waals surface area contributed by atoms with E-state index in [9.17, 15) is 9.59 Å². The highest BCUT2D eigenvalue weighted by atomic mass is 16.2. The lowest BCUT2D eigenvalue weighted by molar-refractivity contribution is -0.129. The van der Waals surface area contributed by atoms with Gasteiger partial charge in [0.15, 0.2) is 11.5 Å². The summed E-state index contributed by atoms with van der Waals surface area (Å²) in [5.74, 6) is -0.216. The molecule has 1 aliphatic rings. The first-order valence-electron chi connectivity index (χ1n) is 11.0. The number of amides is 2. The third-order valence-electron chi connectivity index (χ3n) is 5.79. The van der Waals surface area contributed by atoms with Crippen LogP contribution in [0.5, 0.6) is 0 Å². The molecule has 0 bridgehead atoms. The van der Waals surface area contributed by atoms with Gasteiger partial charge in [-0.2, -0.15) is 15.4 Å². The highest BCUT2D eigenvalue weighted by Crippen LogP contribution is 2.43. The number of likely N-dealkylation sites (N-methyl/N-ethyl adjacent to an activating group) is 1. The quantitative estimate of drug-likeness (QED) is 0.386. The predicted molar refractivity (Wildman–Crippen MR) is 129 cm³/mol. The molecule has 0 radical (unpaired) electrons. The van der Waals surface area contributed by atoms with Gasteiger partial charge in [-0.05, 0) is 24.3 Å². The second-order valence-electron chi connectivity index (χ2n) is 8.59. The third-order valence-corrected chi connectivity index (χ3v) is 5.79. The number of aliphatic imine (C=N–C) groups is 1. The molecule has 35 heavy (non-hydrogen) atoms. The number of aromatic nitrogens is 4. The first-order valence-corrected chi connectivity index (χ1v) is 11.0. The number of anilines is 1. The average molecular weight is 472 g/mol. The Morgan fingerprint density at radius 2 is 1.97 bits per heavy atom. The summed E-state index contributed by atoms with van der Waals surface area (Å²) >= 11 is 0. The Bertz CT molecular complexity index is 1330. The monoisotopic (exact) mass is 471 g/mol. The van der Waals surface area contributed by atoms with Crippen molar-refractivity contribution in [3.8, 4) is 17.3 Å². The number of carbonyl (C=O) groups is 2. The van der Waals surface area contributed by atoms with Crippen molar-refractivity contribution < 1.29 is 9.59 Å². The van der Waals surface area contributed by atoms with E-state index in [1.165, 1.54) is 28.2 Å². The van der Waals surface area contributed by atoms with Crippen molar-refractivity contribution in [2.75, 3.05) is 19.8 Å². The topological polar surface area (TPSA) is 169 Å². The Kier molecular flexibility index (Phi) is 6.55. The van der Waals surface area contributed by atoms with E-state index in [1.807, 2.05) is 30.3 Å². The Hall–Kier alpha value is -4.59. The molecule has 4 rings (SSSR count). The lowest BCUT2D eigenvalue weighted by atomic mass is 9.92. The summed E-state index contributed by atoms with van der Waals surface area (Å²) in [7, 11) is 3.31. The maximum atomic E-state index is 12.7. The van der Waals surface area contributed by atoms with Crippen molar-refractivity contribution in [3.05, 3.63) is 59.7 Å². The Morgan fingerprint density at radius 1 is 1.26 bits per heavy atom. The Labute approximate surface area is 202 Å². The number of nitrogen functional groups attached to an aromatic ring is 1. The molecule has 1 fully saturated rings. The SMILES string of the molecule is CN(C)C(=O)Cn1cc(C(=O)N=C(N)C(c2ccc(-c3cnc(N)c(C#N)n3)cc2)C2CC2)cn1. The molecule has 1 aromatic carbocycles. The van der Waals surface area contributed by atoms with Crippen molar-refractivity contribution in [2.45, 2.75) is 25.3 Å². The molecule has 0 saturated heterocycles. The van der Waals surface area contributed by atoms with E-state index >= 15 is 0 Å². The van der Waals surface area contributed by atoms with Crippen LogP contribution in [0.15, 0.2) is 47.8 Å². The summed E-state index contributed by atoms with van der Waals surface area (Å²) in [6, 6.07) is 9.50. The predicted octanol–water partition coefficient (Wildman–Crippen LogP) is 1.57. The molecule has 0 aliphatic heterocycles. The number of amidine groups is 1. The van der Waals surface area contributed by atoms with Crippen molar-refractivity contribution in [1.29, 1.82) is 5.26 Å². The zero-order chi connectivity index (χ0) is 25.1. The summed E-state index contributed by atoms with van der Waals surface area (Å²) < 4.78 is 1.40. The third kappa shape index (κ3) is 5.33. The fourth-order valence-electron chi connectivity index (χ4n) is 3.69. The number of benzene rings is 1. The van der Waals surface area contributed by atoms with Crippen LogP contribution in [0.25, 0.3) is 11.3 Å². The van der Waals surface area contributed by atoms with Gasteiger partial charge in [-0.1, -0.05) is 24.3 Å². The zero-order valence-electron chi connectivity index (χ0n) is 19.4. The second kappa shape index (κ2) is 9.72. The van der Waals surface area contributed by atoms with E-state index in [0.717, 1.165) is 24.0 Å². The molecule has 2 aromatic heterocycles. The molecule has 178 valence electrons. The largest absolute Gasteiger partial charge is 0.387 e. The van der Waals surface area contributed by atoms with Gasteiger partial charge in [0.2, 0.25) is 5.91 Å². The molecular formula is C24H25N9O2. The summed E-state index contributed by atoms with van der Waals surface area (Å²) in [4.78, 5) is 38.5. The van der Waals surface area contributed by atoms with E-state index in [-0.39, 0.29) is 41.3 Å². The van der Waals surface area contributed by atoms with Gasteiger partial charge in [-0.3, -0.25) is 14.3 Å². The molecule has 1 aliphatic carbocycles. The maximum absolute atomic E-state index is 12.7. The lowest BCUT2D eigenvalue weighted by Gasteiger charge is -2.16. The number of nitrogens with zero attached hydrogens (tertiary/aromatic N) is 7. The standard InChI is InChI=1S/C24H25N9O2/c1-32(2)20(34)13-33-12-17(10-29-33)24(35)31-23(27)21(16-7-8-16)15-5-3-14(4-6-15)19-11-28-22(26)18(9-25)30-19/h3-6,10-12,16,21H,7-8,13H2,1-2H3,(H2,26,28)(H2,27,31,35). The number of rotatable bonds is 7. The van der Waals surface area contributed by atoms with Crippen molar-refractivity contribution in [1.82, 2.24) is 24.6 Å². The minimum Gasteiger partial charge on any atom is -0.387 e. The molecule has 1 unspecified atom stereocenters. The normalized spacial score (nSPS) is 14.3. The van der Waals surface area contributed by atoms with Crippen LogP contribution in [0.2, 0.25) is 0 Å². The van der Waals surface area contributed by atoms with Gasteiger partial charge in [0, 0.05) is 31.8 Å². The summed E-state index contributed by atoms with van der Waals surface area (Å²) in [6.45, 7) is 0.0325. The fourth-order valence-corrected chi connectivity index (χ4v) is 3.69. The molecule has 1 atom stereocenters. The zero-order valence-corrected chi connectivity index (χ0v) is 19.4. The fraction of sp³-hybridized carbons (Fsp3) is 0.292. The molecule has 4 N–H and O–H groups in total. The van der Waals surface area contributed by atoms with Crippen LogP contribution in [0.3, 0.4) is 0 Å². The van der Waals surface area contributed by atoms with Crippen LogP contribution in [-0.4, -0.2) is 56.4 Å². The number of carbonyl (C=O) groups excluding carboxylic acids is 2. The van der Waals surface area contributed by atoms with Gasteiger partial charge in [-0.15, -0.1) is 0 Å². The molecule has 1 saturated carbocycles. The highest BCUT2D eigenvalue weighted by Gasteiger charge is 2.35. The molecule has 2 heterocycles. The number of nitriles is 1. The second-order valence-corrected chi connectivity index (χ2v) is 8.59. The minimum atomic E-state index is -0.505. The van der Waals surface area contributed by atoms with E-state index < -0.39 is 5.91 Å². The summed E-state index contributed by atoms with van der Waals surface area (Å²) in [5.41, 5.74) is 14.6. The van der Waals surface area contributed by atoms with E-state index in [2.05, 4.69) is 20.1 Å². The maximum Gasteiger partial charge on any atom is 0.281 e. The molecule has 11 heteroatoms. The number of hydrogen-bond acceptors (Lipinski definition) is 7. The van der Waals surface area contributed by atoms with Crippen molar-refractivity contribution in [3.63, 3.8) is 0 Å². The van der Waals surface area contributed by atoms with Crippen LogP contribution >= 0.6 is 0 Å². The van der Waals surface area contributed by atoms with Gasteiger partial charge in [0.25, 0.3) is 5.91 Å². The molecular weight excluding hydrogens is 446 g/mol. The summed E-state index contributed by atoms with van der Waals surface area (Å²) in [6.07, 6.45) is 6.38. The van der Waals surface area contributed by atoms with Crippen molar-refractivity contribution in [2.24, 2.45) is 16.6 Å². The first kappa shape index (κ1) is 23.6. The minimum absolute atomic E-state index is 0.0325. The number of nitrogens with two attached hydrogens (primary N) is 2. The smallest absolute Gasteiger partial charge is 0.281 e. The van der Waals surface area contributed by atoms with Gasteiger partial charge >= 0.3 is 0 Å². The molecule has 11 nitrogen and oxygen atoms in total. The summed E-state index contributed by atoms with van der Waals surface area (Å²) in [5, 5.41) is 13.2. The van der Waals surface area contributed by atoms with Crippen molar-refractivity contribution >= 4 is 23.5 Å². The van der Waals surface area contributed by atoms with Gasteiger partial charge in [-0.25, -0.2) is 9.97 Å². The van der Waals surface area contributed by atoms with E-state index in [0.29, 0.717) is 11.6 Å². The molecule has 3 aromatic rings. The van der Waals surface area contributed by atoms with Crippen LogP contribution in [0.1, 0.15) is 40.4 Å². The molecule has 2 amide bonds. The van der Waals surface area contributed by atoms with Gasteiger partial charge < -0.3 is 16.4 Å². The number of hydrogen-bond donors (Lipinski definition) is 2. The van der Waals surface area contributed by atoms with Gasteiger partial charge in [0.1, 0.15) is 18.4 Å². The van der Waals surface area contributed by atoms with Crippen LogP contribution in [0, 0.1) is 17.2 Å². The Balaban J connectivity index is 1.53.